The molecule has 2 aliphatic rings. The molecule has 0 bridgehead atoms. The predicted molar refractivity (Wildman–Crippen MR) is 68.3 cm³/mol. The molecule has 118 valence electrons. The van der Waals surface area contributed by atoms with Gasteiger partial charge < -0.3 is 5.32 Å². The second-order valence-corrected chi connectivity index (χ2v) is 7.09. The van der Waals surface area contributed by atoms with Crippen LogP contribution in [0.5, 0.6) is 0 Å². The Morgan fingerprint density at radius 2 is 1.85 bits per heavy atom. The van der Waals surface area contributed by atoms with Gasteiger partial charge in [-0.1, -0.05) is 6.42 Å². The van der Waals surface area contributed by atoms with E-state index in [0.717, 1.165) is 19.3 Å². The molecular weight excluding hydrogens is 295 g/mol. The average molecular weight is 315 g/mol. The summed E-state index contributed by atoms with van der Waals surface area (Å²) in [6, 6.07) is 0.194. The van der Waals surface area contributed by atoms with E-state index in [1.807, 2.05) is 0 Å². The van der Waals surface area contributed by atoms with E-state index in [9.17, 15) is 21.6 Å². The highest BCUT2D eigenvalue weighted by molar-refractivity contribution is 7.87. The third-order valence-corrected chi connectivity index (χ3v) is 5.16. The van der Waals surface area contributed by atoms with E-state index in [0.29, 0.717) is 25.4 Å². The molecule has 1 unspecified atom stereocenters. The van der Waals surface area contributed by atoms with Gasteiger partial charge in [-0.25, -0.2) is 0 Å². The zero-order valence-corrected chi connectivity index (χ0v) is 11.9. The van der Waals surface area contributed by atoms with Crippen LogP contribution in [-0.4, -0.2) is 50.6 Å². The molecule has 20 heavy (non-hydrogen) atoms. The van der Waals surface area contributed by atoms with Gasteiger partial charge in [-0.15, -0.1) is 0 Å². The first-order valence-corrected chi connectivity index (χ1v) is 8.28. The Hall–Kier alpha value is -0.380. The monoisotopic (exact) mass is 315 g/mol. The van der Waals surface area contributed by atoms with Gasteiger partial charge in [0.15, 0.2) is 0 Å². The highest BCUT2D eigenvalue weighted by Crippen LogP contribution is 2.23. The summed E-state index contributed by atoms with van der Waals surface area (Å²) in [7, 11) is -4.07. The molecule has 1 saturated carbocycles. The quantitative estimate of drug-likeness (QED) is 0.768. The van der Waals surface area contributed by atoms with Crippen molar-refractivity contribution in [3.05, 3.63) is 0 Å². The zero-order valence-electron chi connectivity index (χ0n) is 11.1. The maximum Gasteiger partial charge on any atom is 0.402 e. The number of hydrogen-bond acceptors (Lipinski definition) is 3. The van der Waals surface area contributed by atoms with E-state index in [-0.39, 0.29) is 12.6 Å². The van der Waals surface area contributed by atoms with Crippen LogP contribution in [0.4, 0.5) is 13.2 Å². The van der Waals surface area contributed by atoms with Gasteiger partial charge >= 0.3 is 6.18 Å². The fourth-order valence-corrected chi connectivity index (χ4v) is 3.79. The normalized spacial score (nSPS) is 25.9. The molecule has 0 spiro atoms. The Morgan fingerprint density at radius 1 is 1.15 bits per heavy atom. The molecule has 5 nitrogen and oxygen atoms in total. The summed E-state index contributed by atoms with van der Waals surface area (Å²) in [5, 5.41) is 3.24. The van der Waals surface area contributed by atoms with Gasteiger partial charge in [-0.05, 0) is 25.7 Å². The number of nitrogens with one attached hydrogen (secondary N) is 2. The fourth-order valence-electron chi connectivity index (χ4n) is 2.34. The van der Waals surface area contributed by atoms with Crippen molar-refractivity contribution in [2.45, 2.75) is 50.4 Å². The Balaban J connectivity index is 1.94. The van der Waals surface area contributed by atoms with Crippen LogP contribution in [0.15, 0.2) is 0 Å². The van der Waals surface area contributed by atoms with Crippen molar-refractivity contribution in [3.8, 4) is 0 Å². The summed E-state index contributed by atoms with van der Waals surface area (Å²) in [6.45, 7) is -0.726. The Morgan fingerprint density at radius 3 is 2.45 bits per heavy atom. The standard InChI is InChI=1S/C11H20F3N3O2S/c12-11(13,14)8-16-20(18,19)17-6-2-1-3-10(17)7-15-9-4-5-9/h9-10,15-16H,1-8H2. The topological polar surface area (TPSA) is 61.4 Å². The van der Waals surface area contributed by atoms with Crippen LogP contribution in [-0.2, 0) is 10.2 Å². The lowest BCUT2D eigenvalue weighted by molar-refractivity contribution is -0.121. The van der Waals surface area contributed by atoms with Crippen LogP contribution >= 0.6 is 0 Å². The molecule has 2 fully saturated rings. The average Bonchev–Trinajstić information content (AvgIpc) is 3.18. The van der Waals surface area contributed by atoms with Gasteiger partial charge in [0.2, 0.25) is 0 Å². The number of halogens is 3. The molecule has 1 aliphatic carbocycles. The summed E-state index contributed by atoms with van der Waals surface area (Å²) in [6.07, 6.45) is -0.0794. The van der Waals surface area contributed by atoms with Crippen LogP contribution in [0.2, 0.25) is 0 Å². The van der Waals surface area contributed by atoms with Crippen molar-refractivity contribution in [3.63, 3.8) is 0 Å². The van der Waals surface area contributed by atoms with Gasteiger partial charge in [0.1, 0.15) is 6.54 Å². The minimum Gasteiger partial charge on any atom is -0.312 e. The van der Waals surface area contributed by atoms with E-state index < -0.39 is 22.9 Å². The van der Waals surface area contributed by atoms with Crippen LogP contribution in [0.25, 0.3) is 0 Å². The first kappa shape index (κ1) is 16.0. The summed E-state index contributed by atoms with van der Waals surface area (Å²) in [5.41, 5.74) is 0. The molecule has 2 N–H and O–H groups in total. The molecule has 1 atom stereocenters. The van der Waals surface area contributed by atoms with Gasteiger partial charge in [0.25, 0.3) is 10.2 Å². The molecule has 1 aliphatic heterocycles. The Kier molecular flexibility index (Phi) is 4.93. The lowest BCUT2D eigenvalue weighted by atomic mass is 10.1. The molecule has 0 aromatic carbocycles. The van der Waals surface area contributed by atoms with E-state index in [2.05, 4.69) is 5.32 Å². The molecule has 0 aromatic rings. The van der Waals surface area contributed by atoms with E-state index in [1.165, 1.54) is 4.31 Å². The fraction of sp³-hybridized carbons (Fsp3) is 1.00. The third-order valence-electron chi connectivity index (χ3n) is 3.56. The SMILES string of the molecule is O=S(=O)(NCC(F)(F)F)N1CCCCC1CNC1CC1. The number of hydrogen-bond donors (Lipinski definition) is 2. The van der Waals surface area contributed by atoms with Gasteiger partial charge in [-0.3, -0.25) is 0 Å². The summed E-state index contributed by atoms with van der Waals surface area (Å²) < 4.78 is 63.3. The summed E-state index contributed by atoms with van der Waals surface area (Å²) in [5.74, 6) is 0. The predicted octanol–water partition coefficient (Wildman–Crippen LogP) is 0.990. The Labute approximate surface area is 117 Å². The molecule has 9 heteroatoms. The van der Waals surface area contributed by atoms with Crippen molar-refractivity contribution in [1.82, 2.24) is 14.3 Å². The number of rotatable bonds is 6. The third kappa shape index (κ3) is 4.87. The minimum atomic E-state index is -4.54. The van der Waals surface area contributed by atoms with Gasteiger partial charge in [0.05, 0.1) is 0 Å². The van der Waals surface area contributed by atoms with Crippen LogP contribution < -0.4 is 10.0 Å². The molecular formula is C11H20F3N3O2S. The van der Waals surface area contributed by atoms with Crippen LogP contribution in [0.3, 0.4) is 0 Å². The van der Waals surface area contributed by atoms with Crippen molar-refractivity contribution < 1.29 is 21.6 Å². The Bertz CT molecular complexity index is 423. The maximum atomic E-state index is 12.2. The van der Waals surface area contributed by atoms with Crippen molar-refractivity contribution >= 4 is 10.2 Å². The van der Waals surface area contributed by atoms with E-state index in [1.54, 1.807) is 4.72 Å². The maximum absolute atomic E-state index is 12.2. The zero-order chi connectivity index (χ0) is 14.8. The molecule has 2 rings (SSSR count). The molecule has 0 amide bonds. The van der Waals surface area contributed by atoms with E-state index in [4.69, 9.17) is 0 Å². The van der Waals surface area contributed by atoms with Crippen molar-refractivity contribution in [2.24, 2.45) is 0 Å². The minimum absolute atomic E-state index is 0.255. The highest BCUT2D eigenvalue weighted by atomic mass is 32.2. The highest BCUT2D eigenvalue weighted by Gasteiger charge is 2.36. The molecule has 0 aromatic heterocycles. The molecule has 1 saturated heterocycles. The second-order valence-electron chi connectivity index (χ2n) is 5.38. The first-order chi connectivity index (χ1) is 9.28. The van der Waals surface area contributed by atoms with Crippen LogP contribution in [0.1, 0.15) is 32.1 Å². The van der Waals surface area contributed by atoms with Crippen molar-refractivity contribution in [2.75, 3.05) is 19.6 Å². The molecule has 1 heterocycles. The number of piperidine rings is 1. The van der Waals surface area contributed by atoms with Crippen LogP contribution in [0, 0.1) is 0 Å². The summed E-state index contributed by atoms with van der Waals surface area (Å²) in [4.78, 5) is 0. The van der Waals surface area contributed by atoms with Gasteiger partial charge in [-0.2, -0.15) is 30.6 Å². The number of nitrogens with zero attached hydrogens (tertiary/aromatic N) is 1. The van der Waals surface area contributed by atoms with Gasteiger partial charge in [0, 0.05) is 25.2 Å². The van der Waals surface area contributed by atoms with Crippen molar-refractivity contribution in [1.29, 1.82) is 0 Å². The first-order valence-electron chi connectivity index (χ1n) is 6.84. The lowest BCUT2D eigenvalue weighted by Gasteiger charge is -2.34. The largest absolute Gasteiger partial charge is 0.402 e. The number of alkyl halides is 3. The summed E-state index contributed by atoms with van der Waals surface area (Å²) >= 11 is 0. The second kappa shape index (κ2) is 6.17. The molecule has 0 radical (unpaired) electrons. The van der Waals surface area contributed by atoms with E-state index >= 15 is 0 Å². The lowest BCUT2D eigenvalue weighted by Crippen LogP contribution is -2.53. The smallest absolute Gasteiger partial charge is 0.312 e.